The van der Waals surface area contributed by atoms with Gasteiger partial charge in [0.2, 0.25) is 0 Å². The van der Waals surface area contributed by atoms with Crippen LogP contribution in [0.3, 0.4) is 0 Å². The van der Waals surface area contributed by atoms with Gasteiger partial charge in [0, 0.05) is 25.8 Å². The summed E-state index contributed by atoms with van der Waals surface area (Å²) in [5.74, 6) is 0.676. The first-order valence-electron chi connectivity index (χ1n) is 9.46. The van der Waals surface area contributed by atoms with Crippen molar-refractivity contribution in [3.63, 3.8) is 0 Å². The van der Waals surface area contributed by atoms with Crippen LogP contribution in [0.2, 0.25) is 0 Å². The highest BCUT2D eigenvalue weighted by molar-refractivity contribution is 5.68. The Labute approximate surface area is 160 Å². The maximum Gasteiger partial charge on any atom is 0.411 e. The summed E-state index contributed by atoms with van der Waals surface area (Å²) in [6.07, 6.45) is 8.70. The molecule has 0 saturated carbocycles. The third-order valence-corrected chi connectivity index (χ3v) is 4.66. The third-order valence-electron chi connectivity index (χ3n) is 4.66. The van der Waals surface area contributed by atoms with E-state index in [1.807, 2.05) is 47.4 Å². The van der Waals surface area contributed by atoms with Crippen molar-refractivity contribution in [3.05, 3.63) is 60.0 Å². The molecule has 144 valence electrons. The largest absolute Gasteiger partial charge is 0.487 e. The zero-order valence-corrected chi connectivity index (χ0v) is 15.5. The van der Waals surface area contributed by atoms with E-state index in [0.717, 1.165) is 31.1 Å². The molecule has 0 bridgehead atoms. The minimum atomic E-state index is -0.628. The average molecular weight is 370 g/mol. The fraction of sp³-hybridized carbons (Fsp3) is 0.429. The van der Waals surface area contributed by atoms with Gasteiger partial charge in [-0.15, -0.1) is 0 Å². The lowest BCUT2D eigenvalue weighted by Gasteiger charge is -2.33. The first kappa shape index (κ1) is 19.0. The van der Waals surface area contributed by atoms with Crippen LogP contribution in [0.25, 0.3) is 0 Å². The molecule has 1 fully saturated rings. The minimum absolute atomic E-state index is 0.121. The van der Waals surface area contributed by atoms with E-state index in [2.05, 4.69) is 0 Å². The molecule has 6 nitrogen and oxygen atoms in total. The maximum atomic E-state index is 12.4. The minimum Gasteiger partial charge on any atom is -0.487 e. The molecule has 0 radical (unpaired) electrons. The lowest BCUT2D eigenvalue weighted by atomic mass is 10.1. The van der Waals surface area contributed by atoms with Crippen molar-refractivity contribution >= 4 is 12.4 Å². The quantitative estimate of drug-likeness (QED) is 0.688. The number of allylic oxidation sites excluding steroid dienone is 1. The van der Waals surface area contributed by atoms with Crippen LogP contribution >= 0.6 is 0 Å². The molecule has 3 rings (SSSR count). The van der Waals surface area contributed by atoms with Crippen LogP contribution in [0.15, 0.2) is 54.4 Å². The molecular weight excluding hydrogens is 344 g/mol. The summed E-state index contributed by atoms with van der Waals surface area (Å²) in [5, 5.41) is 0. The highest BCUT2D eigenvalue weighted by Crippen LogP contribution is 2.18. The van der Waals surface area contributed by atoms with Crippen LogP contribution in [0, 0.1) is 0 Å². The van der Waals surface area contributed by atoms with E-state index in [0.29, 0.717) is 32.0 Å². The highest BCUT2D eigenvalue weighted by atomic mass is 16.6. The zero-order valence-electron chi connectivity index (χ0n) is 15.5. The number of nitrogens with zero attached hydrogens (tertiary/aromatic N) is 2. The Hall–Kier alpha value is -2.76. The number of amides is 1. The second kappa shape index (κ2) is 9.80. The molecular formula is C21H26N2O4. The molecule has 1 aromatic carbocycles. The SMILES string of the molecule is O=CC[C@H](OC(=O)N1CCCCC1)N1C=C(OCc2ccccc2)C=CC1. The van der Waals surface area contributed by atoms with E-state index in [-0.39, 0.29) is 12.5 Å². The molecule has 1 aromatic rings. The first-order chi connectivity index (χ1) is 13.3. The van der Waals surface area contributed by atoms with Crippen molar-refractivity contribution < 1.29 is 19.1 Å². The van der Waals surface area contributed by atoms with Gasteiger partial charge in [0.25, 0.3) is 0 Å². The van der Waals surface area contributed by atoms with Crippen molar-refractivity contribution in [1.29, 1.82) is 0 Å². The molecule has 2 heterocycles. The normalized spacial score (nSPS) is 17.9. The van der Waals surface area contributed by atoms with Gasteiger partial charge < -0.3 is 24.1 Å². The molecule has 0 aromatic heterocycles. The van der Waals surface area contributed by atoms with Gasteiger partial charge in [-0.1, -0.05) is 36.4 Å². The summed E-state index contributed by atoms with van der Waals surface area (Å²) >= 11 is 0. The number of rotatable bonds is 7. The van der Waals surface area contributed by atoms with E-state index in [9.17, 15) is 9.59 Å². The van der Waals surface area contributed by atoms with Gasteiger partial charge in [0.15, 0.2) is 6.23 Å². The van der Waals surface area contributed by atoms with Crippen LogP contribution in [0.1, 0.15) is 31.2 Å². The summed E-state index contributed by atoms with van der Waals surface area (Å²) in [6.45, 7) is 2.45. The van der Waals surface area contributed by atoms with Gasteiger partial charge in [-0.05, 0) is 30.9 Å². The highest BCUT2D eigenvalue weighted by Gasteiger charge is 2.25. The molecule has 0 spiro atoms. The summed E-state index contributed by atoms with van der Waals surface area (Å²) < 4.78 is 11.5. The Balaban J connectivity index is 1.60. The third kappa shape index (κ3) is 5.61. The van der Waals surface area contributed by atoms with E-state index < -0.39 is 6.23 Å². The Morgan fingerprint density at radius 1 is 1.15 bits per heavy atom. The van der Waals surface area contributed by atoms with E-state index >= 15 is 0 Å². The van der Waals surface area contributed by atoms with Crippen LogP contribution in [-0.4, -0.2) is 48.0 Å². The first-order valence-corrected chi connectivity index (χ1v) is 9.46. The van der Waals surface area contributed by atoms with Gasteiger partial charge in [0.1, 0.15) is 18.7 Å². The lowest BCUT2D eigenvalue weighted by molar-refractivity contribution is -0.112. The number of likely N-dealkylation sites (tertiary alicyclic amines) is 1. The van der Waals surface area contributed by atoms with E-state index in [4.69, 9.17) is 9.47 Å². The number of benzene rings is 1. The standard InChI is InChI=1S/C21H26N2O4/c24-15-11-20(27-21(25)22-12-5-2-6-13-22)23-14-7-10-19(16-23)26-17-18-8-3-1-4-9-18/h1,3-4,7-10,15-16,20H,2,5-6,11-14,17H2/t20-/m0/s1. The molecule has 1 atom stereocenters. The zero-order chi connectivity index (χ0) is 18.9. The van der Waals surface area contributed by atoms with Gasteiger partial charge in [-0.25, -0.2) is 4.79 Å². The number of hydrogen-bond donors (Lipinski definition) is 0. The fourth-order valence-corrected chi connectivity index (χ4v) is 3.18. The average Bonchev–Trinajstić information content (AvgIpc) is 2.73. The molecule has 27 heavy (non-hydrogen) atoms. The number of aldehydes is 1. The number of hydrogen-bond acceptors (Lipinski definition) is 5. The second-order valence-corrected chi connectivity index (χ2v) is 6.69. The van der Waals surface area contributed by atoms with Crippen LogP contribution in [0.4, 0.5) is 4.79 Å². The van der Waals surface area contributed by atoms with Crippen molar-refractivity contribution in [3.8, 4) is 0 Å². The molecule has 0 unspecified atom stereocenters. The summed E-state index contributed by atoms with van der Waals surface area (Å²) in [4.78, 5) is 27.1. The van der Waals surface area contributed by atoms with Crippen molar-refractivity contribution in [2.75, 3.05) is 19.6 Å². The lowest BCUT2D eigenvalue weighted by Crippen LogP contribution is -2.43. The smallest absolute Gasteiger partial charge is 0.411 e. The maximum absolute atomic E-state index is 12.4. The fourth-order valence-electron chi connectivity index (χ4n) is 3.18. The molecule has 2 aliphatic rings. The number of carbonyl (C=O) groups is 2. The number of ether oxygens (including phenoxy) is 2. The van der Waals surface area contributed by atoms with Gasteiger partial charge in [-0.2, -0.15) is 0 Å². The van der Waals surface area contributed by atoms with Gasteiger partial charge in [-0.3, -0.25) is 0 Å². The van der Waals surface area contributed by atoms with Crippen molar-refractivity contribution in [2.24, 2.45) is 0 Å². The van der Waals surface area contributed by atoms with E-state index in [1.54, 1.807) is 11.1 Å². The van der Waals surface area contributed by atoms with Gasteiger partial charge in [0.05, 0.1) is 6.42 Å². The Bertz CT molecular complexity index is 681. The van der Waals surface area contributed by atoms with Crippen molar-refractivity contribution in [2.45, 2.75) is 38.5 Å². The van der Waals surface area contributed by atoms with Crippen LogP contribution in [0.5, 0.6) is 0 Å². The molecule has 6 heteroatoms. The molecule has 0 N–H and O–H groups in total. The Morgan fingerprint density at radius 2 is 1.93 bits per heavy atom. The second-order valence-electron chi connectivity index (χ2n) is 6.69. The van der Waals surface area contributed by atoms with Crippen LogP contribution in [-0.2, 0) is 20.9 Å². The predicted octanol–water partition coefficient (Wildman–Crippen LogP) is 3.45. The van der Waals surface area contributed by atoms with Crippen LogP contribution < -0.4 is 0 Å². The predicted molar refractivity (Wildman–Crippen MR) is 102 cm³/mol. The monoisotopic (exact) mass is 370 g/mol. The topological polar surface area (TPSA) is 59.1 Å². The molecule has 1 saturated heterocycles. The molecule has 0 aliphatic carbocycles. The Morgan fingerprint density at radius 3 is 2.67 bits per heavy atom. The Kier molecular flexibility index (Phi) is 6.90. The summed E-state index contributed by atoms with van der Waals surface area (Å²) in [7, 11) is 0. The molecule has 2 aliphatic heterocycles. The van der Waals surface area contributed by atoms with Gasteiger partial charge >= 0.3 is 6.09 Å². The van der Waals surface area contributed by atoms with Crippen molar-refractivity contribution in [1.82, 2.24) is 9.80 Å². The van der Waals surface area contributed by atoms with E-state index in [1.165, 1.54) is 0 Å². The number of piperidine rings is 1. The molecule has 1 amide bonds. The number of carbonyl (C=O) groups excluding carboxylic acids is 2. The summed E-state index contributed by atoms with van der Waals surface area (Å²) in [6, 6.07) is 9.90. The summed E-state index contributed by atoms with van der Waals surface area (Å²) in [5.41, 5.74) is 1.07.